The largest absolute Gasteiger partial charge is 0.310 e. The second kappa shape index (κ2) is 6.45. The summed E-state index contributed by atoms with van der Waals surface area (Å²) < 4.78 is 27.9. The van der Waals surface area contributed by atoms with E-state index < -0.39 is 15.6 Å². The van der Waals surface area contributed by atoms with Gasteiger partial charge in [0.25, 0.3) is 0 Å². The number of anilines is 1. The molecule has 0 aromatic heterocycles. The lowest BCUT2D eigenvalue weighted by Gasteiger charge is -2.32. The Balaban J connectivity index is 2.44. The number of sulfonamides is 1. The van der Waals surface area contributed by atoms with Crippen molar-refractivity contribution >= 4 is 33.4 Å². The maximum Gasteiger partial charge on any atom is 0.241 e. The molecule has 1 amide bonds. The SMILES string of the molecule is CCC(C)(C)NS(=O)(=O)c1ccc2c(c1)N(C(C)=O)C[C@@H](C)S2. The predicted molar refractivity (Wildman–Crippen MR) is 94.5 cm³/mol. The van der Waals surface area contributed by atoms with E-state index in [2.05, 4.69) is 11.6 Å². The molecule has 0 spiro atoms. The molecule has 1 N–H and O–H groups in total. The summed E-state index contributed by atoms with van der Waals surface area (Å²) in [7, 11) is -3.62. The summed E-state index contributed by atoms with van der Waals surface area (Å²) in [4.78, 5) is 14.7. The van der Waals surface area contributed by atoms with Gasteiger partial charge in [0.2, 0.25) is 15.9 Å². The summed E-state index contributed by atoms with van der Waals surface area (Å²) in [5.41, 5.74) is 0.163. The molecule has 5 nitrogen and oxygen atoms in total. The summed E-state index contributed by atoms with van der Waals surface area (Å²) in [6.45, 7) is 9.78. The fourth-order valence-electron chi connectivity index (χ4n) is 2.38. The van der Waals surface area contributed by atoms with E-state index in [9.17, 15) is 13.2 Å². The molecule has 0 fully saturated rings. The van der Waals surface area contributed by atoms with Crippen LogP contribution in [0.3, 0.4) is 0 Å². The Hall–Kier alpha value is -1.05. The molecule has 128 valence electrons. The molecule has 0 saturated carbocycles. The van der Waals surface area contributed by atoms with Crippen LogP contribution in [0.25, 0.3) is 0 Å². The molecule has 0 unspecified atom stereocenters. The summed E-state index contributed by atoms with van der Waals surface area (Å²) in [6, 6.07) is 5.00. The molecule has 1 heterocycles. The van der Waals surface area contributed by atoms with Gasteiger partial charge in [0.1, 0.15) is 0 Å². The van der Waals surface area contributed by atoms with E-state index in [-0.39, 0.29) is 16.1 Å². The third kappa shape index (κ3) is 4.08. The third-order valence-electron chi connectivity index (χ3n) is 3.97. The van der Waals surface area contributed by atoms with Gasteiger partial charge in [-0.3, -0.25) is 4.79 Å². The van der Waals surface area contributed by atoms with Crippen LogP contribution in [-0.2, 0) is 14.8 Å². The highest BCUT2D eigenvalue weighted by Gasteiger charge is 2.29. The Morgan fingerprint density at radius 2 is 2.09 bits per heavy atom. The van der Waals surface area contributed by atoms with Crippen LogP contribution >= 0.6 is 11.8 Å². The number of amides is 1. The molecule has 1 aromatic rings. The zero-order valence-corrected chi connectivity index (χ0v) is 15.8. The van der Waals surface area contributed by atoms with Crippen molar-refractivity contribution < 1.29 is 13.2 Å². The smallest absolute Gasteiger partial charge is 0.241 e. The lowest BCUT2D eigenvalue weighted by molar-refractivity contribution is -0.116. The predicted octanol–water partition coefficient (Wildman–Crippen LogP) is 3.00. The number of nitrogens with one attached hydrogen (secondary N) is 1. The van der Waals surface area contributed by atoms with Crippen molar-refractivity contribution in [1.29, 1.82) is 0 Å². The Morgan fingerprint density at radius 3 is 2.65 bits per heavy atom. The van der Waals surface area contributed by atoms with Crippen LogP contribution < -0.4 is 9.62 Å². The maximum absolute atomic E-state index is 12.6. The average molecular weight is 357 g/mol. The number of rotatable bonds is 4. The monoisotopic (exact) mass is 356 g/mol. The lowest BCUT2D eigenvalue weighted by atomic mass is 10.0. The van der Waals surface area contributed by atoms with Crippen molar-refractivity contribution in [2.24, 2.45) is 0 Å². The maximum atomic E-state index is 12.6. The first-order valence-corrected chi connectivity index (χ1v) is 10.0. The zero-order chi connectivity index (χ0) is 17.4. The van der Waals surface area contributed by atoms with Gasteiger partial charge >= 0.3 is 0 Å². The number of nitrogens with zero attached hydrogens (tertiary/aromatic N) is 1. The third-order valence-corrected chi connectivity index (χ3v) is 6.82. The standard InChI is InChI=1S/C16H24N2O3S2/c1-6-16(4,5)17-23(20,21)13-7-8-15-14(9-13)18(12(3)19)10-11(2)22-15/h7-9,11,17H,6,10H2,1-5H3/t11-/m1/s1. The number of hydrogen-bond acceptors (Lipinski definition) is 4. The van der Waals surface area contributed by atoms with Gasteiger partial charge in [-0.25, -0.2) is 13.1 Å². The van der Waals surface area contributed by atoms with Crippen molar-refractivity contribution in [1.82, 2.24) is 4.72 Å². The second-order valence-corrected chi connectivity index (χ2v) is 9.69. The van der Waals surface area contributed by atoms with Crippen molar-refractivity contribution in [3.63, 3.8) is 0 Å². The van der Waals surface area contributed by atoms with Crippen LogP contribution in [-0.4, -0.2) is 31.7 Å². The molecule has 7 heteroatoms. The van der Waals surface area contributed by atoms with Crippen molar-refractivity contribution in [2.45, 2.75) is 61.6 Å². The highest BCUT2D eigenvalue weighted by Crippen LogP contribution is 2.39. The highest BCUT2D eigenvalue weighted by molar-refractivity contribution is 8.00. The number of thioether (sulfide) groups is 1. The van der Waals surface area contributed by atoms with Crippen LogP contribution in [0.1, 0.15) is 41.0 Å². The zero-order valence-electron chi connectivity index (χ0n) is 14.2. The van der Waals surface area contributed by atoms with Gasteiger partial charge in [-0.05, 0) is 38.5 Å². The van der Waals surface area contributed by atoms with E-state index in [1.54, 1.807) is 34.9 Å². The summed E-state index contributed by atoms with van der Waals surface area (Å²) in [5, 5.41) is 0.283. The number of benzene rings is 1. The highest BCUT2D eigenvalue weighted by atomic mass is 32.2. The minimum atomic E-state index is -3.62. The summed E-state index contributed by atoms with van der Waals surface area (Å²) >= 11 is 1.66. The first-order valence-electron chi connectivity index (χ1n) is 7.68. The molecular formula is C16H24N2O3S2. The fraction of sp³-hybridized carbons (Fsp3) is 0.562. The van der Waals surface area contributed by atoms with E-state index in [0.29, 0.717) is 18.7 Å². The topological polar surface area (TPSA) is 66.5 Å². The first-order chi connectivity index (χ1) is 10.6. The molecule has 1 atom stereocenters. The van der Waals surface area contributed by atoms with Crippen LogP contribution in [0.5, 0.6) is 0 Å². The van der Waals surface area contributed by atoms with Gasteiger partial charge in [0.15, 0.2) is 0 Å². The van der Waals surface area contributed by atoms with Gasteiger partial charge in [-0.1, -0.05) is 13.8 Å². The molecule has 1 aliphatic rings. The van der Waals surface area contributed by atoms with Crippen molar-refractivity contribution in [3.05, 3.63) is 18.2 Å². The molecular weight excluding hydrogens is 332 g/mol. The number of hydrogen-bond donors (Lipinski definition) is 1. The van der Waals surface area contributed by atoms with Gasteiger partial charge in [-0.2, -0.15) is 0 Å². The van der Waals surface area contributed by atoms with Gasteiger partial charge < -0.3 is 4.90 Å². The minimum Gasteiger partial charge on any atom is -0.310 e. The van der Waals surface area contributed by atoms with E-state index in [1.807, 2.05) is 20.8 Å². The van der Waals surface area contributed by atoms with Gasteiger partial charge in [0.05, 0.1) is 10.6 Å². The number of carbonyl (C=O) groups is 1. The molecule has 0 bridgehead atoms. The fourth-order valence-corrected chi connectivity index (χ4v) is 4.97. The summed E-state index contributed by atoms with van der Waals surface area (Å²) in [6.07, 6.45) is 0.685. The minimum absolute atomic E-state index is 0.0743. The van der Waals surface area contributed by atoms with Crippen molar-refractivity contribution in [3.8, 4) is 0 Å². The Morgan fingerprint density at radius 1 is 1.43 bits per heavy atom. The van der Waals surface area contributed by atoms with Crippen LogP contribution in [0.15, 0.2) is 28.0 Å². The van der Waals surface area contributed by atoms with Gasteiger partial charge in [-0.15, -0.1) is 11.8 Å². The van der Waals surface area contributed by atoms with E-state index >= 15 is 0 Å². The number of fused-ring (bicyclic) bond motifs is 1. The molecule has 1 aliphatic heterocycles. The normalized spacial score (nSPS) is 18.7. The van der Waals surface area contributed by atoms with E-state index in [0.717, 1.165) is 4.90 Å². The molecule has 0 saturated heterocycles. The Kier molecular flexibility index (Phi) is 5.13. The molecule has 0 radical (unpaired) electrons. The molecule has 2 rings (SSSR count). The van der Waals surface area contributed by atoms with Crippen LogP contribution in [0.2, 0.25) is 0 Å². The Labute approximate surface area is 142 Å². The summed E-state index contributed by atoms with van der Waals surface area (Å²) in [5.74, 6) is -0.0743. The lowest BCUT2D eigenvalue weighted by Crippen LogP contribution is -2.43. The first kappa shape index (κ1) is 18.3. The van der Waals surface area contributed by atoms with Gasteiger partial charge in [0, 0.05) is 29.2 Å². The number of carbonyl (C=O) groups excluding carboxylic acids is 1. The molecule has 23 heavy (non-hydrogen) atoms. The molecule has 1 aromatic carbocycles. The van der Waals surface area contributed by atoms with E-state index in [4.69, 9.17) is 0 Å². The second-order valence-electron chi connectivity index (χ2n) is 6.53. The average Bonchev–Trinajstić information content (AvgIpc) is 2.44. The van der Waals surface area contributed by atoms with Crippen LogP contribution in [0, 0.1) is 0 Å². The van der Waals surface area contributed by atoms with Crippen LogP contribution in [0.4, 0.5) is 5.69 Å². The quantitative estimate of drug-likeness (QED) is 0.900. The molecule has 0 aliphatic carbocycles. The Bertz CT molecular complexity index is 714. The van der Waals surface area contributed by atoms with Crippen molar-refractivity contribution in [2.75, 3.05) is 11.4 Å². The van der Waals surface area contributed by atoms with E-state index in [1.165, 1.54) is 6.92 Å².